The van der Waals surface area contributed by atoms with Crippen molar-refractivity contribution in [1.29, 1.82) is 0 Å². The Labute approximate surface area is 82.5 Å². The summed E-state index contributed by atoms with van der Waals surface area (Å²) in [5.41, 5.74) is 0.896. The lowest BCUT2D eigenvalue weighted by molar-refractivity contribution is 1.23. The zero-order valence-corrected chi connectivity index (χ0v) is 8.50. The van der Waals surface area contributed by atoms with Crippen molar-refractivity contribution in [3.8, 4) is 0 Å². The van der Waals surface area contributed by atoms with Crippen LogP contribution < -0.4 is 5.32 Å². The zero-order chi connectivity index (χ0) is 8.81. The minimum atomic E-state index is 0.735. The maximum atomic E-state index is 5.90. The van der Waals surface area contributed by atoms with Gasteiger partial charge in [-0.25, -0.2) is 0 Å². The minimum Gasteiger partial charge on any atom is -0.383 e. The van der Waals surface area contributed by atoms with Crippen LogP contribution in [0, 0.1) is 6.07 Å². The summed E-state index contributed by atoms with van der Waals surface area (Å²) in [5.74, 6) is 1.08. The van der Waals surface area contributed by atoms with Crippen molar-refractivity contribution in [3.05, 3.63) is 29.3 Å². The van der Waals surface area contributed by atoms with Crippen LogP contribution in [-0.4, -0.2) is 18.6 Å². The van der Waals surface area contributed by atoms with Crippen LogP contribution in [-0.2, 0) is 0 Å². The Kier molecular flexibility index (Phi) is 4.33. The quantitative estimate of drug-likeness (QED) is 0.751. The van der Waals surface area contributed by atoms with Crippen molar-refractivity contribution in [2.24, 2.45) is 0 Å². The van der Waals surface area contributed by atoms with Crippen molar-refractivity contribution in [1.82, 2.24) is 0 Å². The first-order valence-corrected chi connectivity index (χ1v) is 5.51. The summed E-state index contributed by atoms with van der Waals surface area (Å²) in [5, 5.41) is 3.94. The average molecular weight is 201 g/mol. The molecule has 0 saturated heterocycles. The molecule has 0 aliphatic carbocycles. The summed E-state index contributed by atoms with van der Waals surface area (Å²) in [6, 6.07) is 8.64. The Morgan fingerprint density at radius 1 is 1.67 bits per heavy atom. The van der Waals surface area contributed by atoms with Gasteiger partial charge in [-0.05, 0) is 12.3 Å². The van der Waals surface area contributed by atoms with E-state index in [1.807, 2.05) is 30.0 Å². The average Bonchev–Trinajstić information content (AvgIpc) is 2.09. The molecule has 0 saturated carbocycles. The molecule has 1 aromatic carbocycles. The van der Waals surface area contributed by atoms with Gasteiger partial charge in [0.1, 0.15) is 0 Å². The maximum absolute atomic E-state index is 5.90. The van der Waals surface area contributed by atoms with Crippen molar-refractivity contribution in [3.63, 3.8) is 0 Å². The van der Waals surface area contributed by atoms with Crippen LogP contribution in [0.2, 0.25) is 5.02 Å². The number of rotatable bonds is 4. The zero-order valence-electron chi connectivity index (χ0n) is 6.93. The van der Waals surface area contributed by atoms with E-state index in [0.29, 0.717) is 0 Å². The fourth-order valence-corrected chi connectivity index (χ4v) is 1.33. The highest BCUT2D eigenvalue weighted by Gasteiger charge is 1.95. The topological polar surface area (TPSA) is 12.0 Å². The van der Waals surface area contributed by atoms with Gasteiger partial charge in [0.15, 0.2) is 0 Å². The molecule has 0 aliphatic rings. The summed E-state index contributed by atoms with van der Waals surface area (Å²) in [4.78, 5) is 0. The van der Waals surface area contributed by atoms with Crippen LogP contribution in [0.15, 0.2) is 18.2 Å². The smallest absolute Gasteiger partial charge is 0.0643 e. The second-order valence-electron chi connectivity index (χ2n) is 2.31. The second kappa shape index (κ2) is 5.33. The molecule has 1 aromatic rings. The summed E-state index contributed by atoms with van der Waals surface area (Å²) in [7, 11) is 0. The molecule has 0 aromatic heterocycles. The summed E-state index contributed by atoms with van der Waals surface area (Å²) in [6.07, 6.45) is 2.08. The third-order valence-electron chi connectivity index (χ3n) is 1.41. The molecule has 12 heavy (non-hydrogen) atoms. The van der Waals surface area contributed by atoms with Gasteiger partial charge in [0, 0.05) is 18.4 Å². The largest absolute Gasteiger partial charge is 0.383 e. The predicted octanol–water partition coefficient (Wildman–Crippen LogP) is 2.92. The predicted molar refractivity (Wildman–Crippen MR) is 57.2 cm³/mol. The van der Waals surface area contributed by atoms with Gasteiger partial charge in [-0.1, -0.05) is 23.7 Å². The third kappa shape index (κ3) is 2.95. The van der Waals surface area contributed by atoms with Crippen LogP contribution in [0.1, 0.15) is 0 Å². The van der Waals surface area contributed by atoms with Crippen LogP contribution >= 0.6 is 23.4 Å². The van der Waals surface area contributed by atoms with E-state index >= 15 is 0 Å². The van der Waals surface area contributed by atoms with Gasteiger partial charge >= 0.3 is 0 Å². The van der Waals surface area contributed by atoms with Crippen molar-refractivity contribution < 1.29 is 0 Å². The van der Waals surface area contributed by atoms with Crippen LogP contribution in [0.5, 0.6) is 0 Å². The molecule has 0 bridgehead atoms. The molecule has 0 amide bonds. The van der Waals surface area contributed by atoms with Crippen molar-refractivity contribution in [2.75, 3.05) is 23.9 Å². The third-order valence-corrected chi connectivity index (χ3v) is 2.34. The number of hydrogen-bond donors (Lipinski definition) is 1. The fourth-order valence-electron chi connectivity index (χ4n) is 0.830. The van der Waals surface area contributed by atoms with Gasteiger partial charge < -0.3 is 5.32 Å². The van der Waals surface area contributed by atoms with E-state index in [0.717, 1.165) is 23.0 Å². The van der Waals surface area contributed by atoms with Crippen molar-refractivity contribution in [2.45, 2.75) is 0 Å². The Morgan fingerprint density at radius 3 is 3.17 bits per heavy atom. The molecule has 0 fully saturated rings. The number of thioether (sulfide) groups is 1. The normalized spacial score (nSPS) is 9.83. The summed E-state index contributed by atoms with van der Waals surface area (Å²) >= 11 is 7.71. The molecule has 0 atom stereocenters. The molecule has 0 aliphatic heterocycles. The van der Waals surface area contributed by atoms with E-state index in [9.17, 15) is 0 Å². The Morgan fingerprint density at radius 2 is 2.50 bits per heavy atom. The number of hydrogen-bond acceptors (Lipinski definition) is 2. The van der Waals surface area contributed by atoms with Gasteiger partial charge in [0.05, 0.1) is 10.7 Å². The number of anilines is 1. The second-order valence-corrected chi connectivity index (χ2v) is 3.71. The highest BCUT2D eigenvalue weighted by atomic mass is 35.5. The monoisotopic (exact) mass is 200 g/mol. The summed E-state index contributed by atoms with van der Waals surface area (Å²) < 4.78 is 0. The molecule has 0 spiro atoms. The van der Waals surface area contributed by atoms with Gasteiger partial charge in [0.25, 0.3) is 0 Å². The standard InChI is InChI=1S/C9H11ClNS/c1-12-7-6-11-9-5-3-2-4-8(9)10/h2-4,11H,6-7H2,1H3. The molecule has 65 valence electrons. The van der Waals surface area contributed by atoms with Crippen LogP contribution in [0.4, 0.5) is 5.69 Å². The van der Waals surface area contributed by atoms with Crippen LogP contribution in [0.25, 0.3) is 0 Å². The first kappa shape index (κ1) is 9.75. The Hall–Kier alpha value is -0.340. The number of para-hydroxylation sites is 1. The van der Waals surface area contributed by atoms with Gasteiger partial charge in [-0.15, -0.1) is 0 Å². The van der Waals surface area contributed by atoms with Gasteiger partial charge in [-0.2, -0.15) is 11.8 Å². The van der Waals surface area contributed by atoms with E-state index in [-0.39, 0.29) is 0 Å². The lowest BCUT2D eigenvalue weighted by Gasteiger charge is -2.05. The van der Waals surface area contributed by atoms with Gasteiger partial charge in [0.2, 0.25) is 0 Å². The fraction of sp³-hybridized carbons (Fsp3) is 0.333. The molecule has 0 heterocycles. The van der Waals surface area contributed by atoms with Gasteiger partial charge in [-0.3, -0.25) is 0 Å². The number of halogens is 1. The van der Waals surface area contributed by atoms with Crippen LogP contribution in [0.3, 0.4) is 0 Å². The number of benzene rings is 1. The molecule has 1 nitrogen and oxygen atoms in total. The molecule has 3 heteroatoms. The molecule has 1 rings (SSSR count). The van der Waals surface area contributed by atoms with E-state index < -0.39 is 0 Å². The minimum absolute atomic E-state index is 0.735. The van der Waals surface area contributed by atoms with E-state index in [2.05, 4.69) is 17.6 Å². The SMILES string of the molecule is CSCCNc1[c]cccc1Cl. The first-order chi connectivity index (χ1) is 5.84. The molecule has 1 N–H and O–H groups in total. The molecule has 1 radical (unpaired) electrons. The maximum Gasteiger partial charge on any atom is 0.0643 e. The molecule has 0 unspecified atom stereocenters. The Bertz CT molecular complexity index is 240. The lowest BCUT2D eigenvalue weighted by Crippen LogP contribution is -2.03. The lowest BCUT2D eigenvalue weighted by atomic mass is 10.3. The number of nitrogens with one attached hydrogen (secondary N) is 1. The molecular weight excluding hydrogens is 190 g/mol. The molecular formula is C9H11ClNS. The summed E-state index contributed by atoms with van der Waals surface area (Å²) in [6.45, 7) is 0.932. The van der Waals surface area contributed by atoms with E-state index in [4.69, 9.17) is 11.6 Å². The Balaban J connectivity index is 2.46. The highest BCUT2D eigenvalue weighted by Crippen LogP contribution is 2.19. The first-order valence-electron chi connectivity index (χ1n) is 3.73. The van der Waals surface area contributed by atoms with E-state index in [1.54, 1.807) is 0 Å². The van der Waals surface area contributed by atoms with Crippen molar-refractivity contribution >= 4 is 29.1 Å². The highest BCUT2D eigenvalue weighted by molar-refractivity contribution is 7.98. The van der Waals surface area contributed by atoms with E-state index in [1.165, 1.54) is 0 Å².